The summed E-state index contributed by atoms with van der Waals surface area (Å²) in [7, 11) is 1.64. The largest absolute Gasteiger partial charge is 0.493 e. The molecule has 0 radical (unpaired) electrons. The van der Waals surface area contributed by atoms with Crippen LogP contribution in [0.25, 0.3) is 0 Å². The molecule has 0 aliphatic carbocycles. The quantitative estimate of drug-likeness (QED) is 0.867. The first-order chi connectivity index (χ1) is 10.1. The van der Waals surface area contributed by atoms with Crippen molar-refractivity contribution in [1.82, 2.24) is 4.90 Å². The summed E-state index contributed by atoms with van der Waals surface area (Å²) in [6.07, 6.45) is 0.108. The SMILES string of the molecule is CCN1CCOC(COc2ccc([C@@H](C)N)cc2OC)C1. The lowest BCUT2D eigenvalue weighted by Gasteiger charge is -2.32. The average molecular weight is 294 g/mol. The van der Waals surface area contributed by atoms with E-state index >= 15 is 0 Å². The van der Waals surface area contributed by atoms with Crippen LogP contribution in [0.1, 0.15) is 25.5 Å². The van der Waals surface area contributed by atoms with Crippen molar-refractivity contribution in [2.75, 3.05) is 40.0 Å². The lowest BCUT2D eigenvalue weighted by Crippen LogP contribution is -2.44. The molecule has 118 valence electrons. The van der Waals surface area contributed by atoms with Gasteiger partial charge in [0.15, 0.2) is 11.5 Å². The van der Waals surface area contributed by atoms with Gasteiger partial charge in [0.1, 0.15) is 12.7 Å². The number of likely N-dealkylation sites (N-methyl/N-ethyl adjacent to an activating group) is 1. The van der Waals surface area contributed by atoms with E-state index < -0.39 is 0 Å². The number of hydrogen-bond acceptors (Lipinski definition) is 5. The zero-order valence-electron chi connectivity index (χ0n) is 13.2. The first-order valence-electron chi connectivity index (χ1n) is 7.54. The van der Waals surface area contributed by atoms with Gasteiger partial charge < -0.3 is 19.9 Å². The molecule has 5 nitrogen and oxygen atoms in total. The van der Waals surface area contributed by atoms with Crippen LogP contribution >= 0.6 is 0 Å². The Labute approximate surface area is 127 Å². The first-order valence-corrected chi connectivity index (χ1v) is 7.54. The van der Waals surface area contributed by atoms with Crippen LogP contribution in [0.3, 0.4) is 0 Å². The van der Waals surface area contributed by atoms with Gasteiger partial charge >= 0.3 is 0 Å². The summed E-state index contributed by atoms with van der Waals surface area (Å²) in [5.74, 6) is 1.45. The number of ether oxygens (including phenoxy) is 3. The second kappa shape index (κ2) is 7.64. The maximum Gasteiger partial charge on any atom is 0.161 e. The molecule has 1 saturated heterocycles. The highest BCUT2D eigenvalue weighted by molar-refractivity contribution is 5.43. The van der Waals surface area contributed by atoms with Crippen molar-refractivity contribution >= 4 is 0 Å². The van der Waals surface area contributed by atoms with Crippen LogP contribution in [0.2, 0.25) is 0 Å². The van der Waals surface area contributed by atoms with Crippen LogP contribution in [-0.4, -0.2) is 51.0 Å². The molecule has 1 fully saturated rings. The van der Waals surface area contributed by atoms with Gasteiger partial charge in [-0.2, -0.15) is 0 Å². The smallest absolute Gasteiger partial charge is 0.161 e. The second-order valence-corrected chi connectivity index (χ2v) is 5.40. The van der Waals surface area contributed by atoms with Gasteiger partial charge in [0.2, 0.25) is 0 Å². The minimum atomic E-state index is -0.0206. The van der Waals surface area contributed by atoms with E-state index in [2.05, 4.69) is 11.8 Å². The van der Waals surface area contributed by atoms with Gasteiger partial charge in [-0.05, 0) is 31.2 Å². The molecule has 1 aromatic rings. The fourth-order valence-electron chi connectivity index (χ4n) is 2.44. The number of nitrogens with zero attached hydrogens (tertiary/aromatic N) is 1. The summed E-state index contributed by atoms with van der Waals surface area (Å²) >= 11 is 0. The Kier molecular flexibility index (Phi) is 5.85. The molecule has 1 unspecified atom stereocenters. The Morgan fingerprint density at radius 1 is 1.43 bits per heavy atom. The van der Waals surface area contributed by atoms with E-state index in [0.717, 1.165) is 37.6 Å². The average Bonchev–Trinajstić information content (AvgIpc) is 2.52. The number of rotatable bonds is 6. The van der Waals surface area contributed by atoms with E-state index in [1.54, 1.807) is 7.11 Å². The predicted molar refractivity (Wildman–Crippen MR) is 82.9 cm³/mol. The highest BCUT2D eigenvalue weighted by Gasteiger charge is 2.20. The number of nitrogens with two attached hydrogens (primary N) is 1. The van der Waals surface area contributed by atoms with Crippen molar-refractivity contribution < 1.29 is 14.2 Å². The fraction of sp³-hybridized carbons (Fsp3) is 0.625. The molecule has 5 heteroatoms. The van der Waals surface area contributed by atoms with E-state index in [9.17, 15) is 0 Å². The Morgan fingerprint density at radius 2 is 2.24 bits per heavy atom. The van der Waals surface area contributed by atoms with Gasteiger partial charge in [-0.25, -0.2) is 0 Å². The van der Waals surface area contributed by atoms with Crippen molar-refractivity contribution in [2.24, 2.45) is 5.73 Å². The minimum Gasteiger partial charge on any atom is -0.493 e. The lowest BCUT2D eigenvalue weighted by molar-refractivity contribution is -0.0466. The molecule has 0 saturated carbocycles. The summed E-state index contributed by atoms with van der Waals surface area (Å²) < 4.78 is 17.0. The van der Waals surface area contributed by atoms with E-state index in [4.69, 9.17) is 19.9 Å². The Bertz CT molecular complexity index is 451. The molecular weight excluding hydrogens is 268 g/mol. The third-order valence-electron chi connectivity index (χ3n) is 3.81. The molecule has 0 amide bonds. The maximum atomic E-state index is 5.89. The molecule has 2 N–H and O–H groups in total. The topological polar surface area (TPSA) is 57.0 Å². The summed E-state index contributed by atoms with van der Waals surface area (Å²) in [6, 6.07) is 5.80. The molecule has 2 atom stereocenters. The normalized spacial score (nSPS) is 21.0. The fourth-order valence-corrected chi connectivity index (χ4v) is 2.44. The van der Waals surface area contributed by atoms with Crippen molar-refractivity contribution in [2.45, 2.75) is 26.0 Å². The molecule has 0 aromatic heterocycles. The zero-order chi connectivity index (χ0) is 15.2. The number of hydrogen-bond donors (Lipinski definition) is 1. The van der Waals surface area contributed by atoms with Crippen molar-refractivity contribution in [3.05, 3.63) is 23.8 Å². The molecule has 21 heavy (non-hydrogen) atoms. The van der Waals surface area contributed by atoms with Gasteiger partial charge in [-0.1, -0.05) is 13.0 Å². The monoisotopic (exact) mass is 294 g/mol. The van der Waals surface area contributed by atoms with Gasteiger partial charge in [0, 0.05) is 19.1 Å². The van der Waals surface area contributed by atoms with Crippen LogP contribution in [0.5, 0.6) is 11.5 Å². The van der Waals surface area contributed by atoms with Crippen LogP contribution in [0, 0.1) is 0 Å². The van der Waals surface area contributed by atoms with E-state index in [1.807, 2.05) is 25.1 Å². The maximum absolute atomic E-state index is 5.89. The van der Waals surface area contributed by atoms with Crippen LogP contribution in [0.4, 0.5) is 0 Å². The molecule has 1 aromatic carbocycles. The molecule has 1 aliphatic heterocycles. The molecule has 2 rings (SSSR count). The van der Waals surface area contributed by atoms with Crippen molar-refractivity contribution in [3.8, 4) is 11.5 Å². The molecule has 0 bridgehead atoms. The van der Waals surface area contributed by atoms with Crippen LogP contribution < -0.4 is 15.2 Å². The lowest BCUT2D eigenvalue weighted by atomic mass is 10.1. The van der Waals surface area contributed by atoms with Gasteiger partial charge in [0.05, 0.1) is 13.7 Å². The van der Waals surface area contributed by atoms with E-state index in [1.165, 1.54) is 0 Å². The van der Waals surface area contributed by atoms with E-state index in [0.29, 0.717) is 12.4 Å². The Morgan fingerprint density at radius 3 is 2.90 bits per heavy atom. The minimum absolute atomic E-state index is 0.0206. The standard InChI is InChI=1S/C16H26N2O3/c1-4-18-7-8-20-14(10-18)11-21-15-6-5-13(12(2)17)9-16(15)19-3/h5-6,9,12,14H,4,7-8,10-11,17H2,1-3H3/t12-,14?/m1/s1. The first kappa shape index (κ1) is 16.1. The number of morpholine rings is 1. The summed E-state index contributed by atoms with van der Waals surface area (Å²) in [6.45, 7) is 8.37. The van der Waals surface area contributed by atoms with Crippen molar-refractivity contribution in [1.29, 1.82) is 0 Å². The molecule has 1 heterocycles. The Hall–Kier alpha value is -1.30. The highest BCUT2D eigenvalue weighted by Crippen LogP contribution is 2.30. The van der Waals surface area contributed by atoms with Gasteiger partial charge in [0.25, 0.3) is 0 Å². The van der Waals surface area contributed by atoms with Crippen LogP contribution in [-0.2, 0) is 4.74 Å². The third-order valence-corrected chi connectivity index (χ3v) is 3.81. The van der Waals surface area contributed by atoms with Crippen LogP contribution in [0.15, 0.2) is 18.2 Å². The molecule has 0 spiro atoms. The summed E-state index contributed by atoms with van der Waals surface area (Å²) in [5, 5.41) is 0. The predicted octanol–water partition coefficient (Wildman–Crippen LogP) is 1.81. The summed E-state index contributed by atoms with van der Waals surface area (Å²) in [5.41, 5.74) is 6.92. The second-order valence-electron chi connectivity index (χ2n) is 5.40. The number of methoxy groups -OCH3 is 1. The molecule has 1 aliphatic rings. The van der Waals surface area contributed by atoms with Gasteiger partial charge in [-0.3, -0.25) is 4.90 Å². The van der Waals surface area contributed by atoms with Gasteiger partial charge in [-0.15, -0.1) is 0 Å². The molecular formula is C16H26N2O3. The van der Waals surface area contributed by atoms with Crippen molar-refractivity contribution in [3.63, 3.8) is 0 Å². The number of benzene rings is 1. The van der Waals surface area contributed by atoms with E-state index in [-0.39, 0.29) is 12.1 Å². The Balaban J connectivity index is 1.96. The third kappa shape index (κ3) is 4.33. The summed E-state index contributed by atoms with van der Waals surface area (Å²) in [4.78, 5) is 2.37. The zero-order valence-corrected chi connectivity index (χ0v) is 13.2. The highest BCUT2D eigenvalue weighted by atomic mass is 16.5.